The number of aliphatic hydroxyl groups is 1. The van der Waals surface area contributed by atoms with Gasteiger partial charge in [0.1, 0.15) is 46.8 Å². The van der Waals surface area contributed by atoms with Gasteiger partial charge in [0.2, 0.25) is 5.88 Å². The standard InChI is InChI=1S/C21H19Cl2N5O4.C21H21Cl2N5O4/c1-30-14-8-15(31-2)18(23)16(17(14)22)10-3-4-11(13(24)7-10)19(25)27-20(29)12-9-26-28-5-6-32-21(12)28;1-31-15-8-16(32-2)19(23)17(18(15)22)11-3-4-13(14(24)7-11)20(25)27-21(30)12-9-26-28(10-12)5-6-29/h3-4,7-9H,5-6,24H2,1-2H3,(H2,25,27,29);3-4,7-10,29H,5-6,24H2,1-2H3,(H2,25,27,30). The van der Waals surface area contributed by atoms with Gasteiger partial charge in [-0.1, -0.05) is 58.5 Å². The number of halogens is 4. The quantitative estimate of drug-likeness (QED) is 0.0506. The molecule has 18 nitrogen and oxygen atoms in total. The third-order valence-electron chi connectivity index (χ3n) is 9.60. The van der Waals surface area contributed by atoms with Gasteiger partial charge in [0.15, 0.2) is 0 Å². The second kappa shape index (κ2) is 20.2. The molecule has 0 bridgehead atoms. The van der Waals surface area contributed by atoms with Crippen molar-refractivity contribution in [3.05, 3.63) is 109 Å². The Hall–Kier alpha value is -6.70. The molecular weight excluding hydrogens is 914 g/mol. The number of aliphatic imine (C=N–C) groups is 2. The number of nitrogens with two attached hydrogens (primary N) is 4. The van der Waals surface area contributed by atoms with Crippen molar-refractivity contribution in [2.75, 3.05) is 53.1 Å². The van der Waals surface area contributed by atoms with Crippen molar-refractivity contribution >= 4 is 81.3 Å². The predicted molar refractivity (Wildman–Crippen MR) is 246 cm³/mol. The Morgan fingerprint density at radius 3 is 1.61 bits per heavy atom. The van der Waals surface area contributed by atoms with Gasteiger partial charge in [-0.15, -0.1) is 0 Å². The number of hydrogen-bond donors (Lipinski definition) is 5. The number of hydrogen-bond acceptors (Lipinski definition) is 12. The number of carbonyl (C=O) groups excluding carboxylic acids is 2. The number of rotatable bonds is 12. The maximum Gasteiger partial charge on any atom is 0.286 e. The summed E-state index contributed by atoms with van der Waals surface area (Å²) in [6, 6.07) is 13.1. The van der Waals surface area contributed by atoms with Crippen molar-refractivity contribution in [2.45, 2.75) is 13.1 Å². The molecule has 2 amide bonds. The van der Waals surface area contributed by atoms with Gasteiger partial charge in [0.05, 0.1) is 86.2 Å². The van der Waals surface area contributed by atoms with Gasteiger partial charge in [-0.05, 0) is 35.4 Å². The topological polar surface area (TPSA) is 265 Å². The molecule has 1 aliphatic heterocycles. The monoisotopic (exact) mass is 952 g/mol. The van der Waals surface area contributed by atoms with Crippen molar-refractivity contribution in [2.24, 2.45) is 21.5 Å². The number of nitrogen functional groups attached to an aromatic ring is 2. The molecule has 2 aromatic heterocycles. The molecular formula is C42H40Cl4N10O8. The first-order valence-electron chi connectivity index (χ1n) is 18.7. The molecule has 3 heterocycles. The van der Waals surface area contributed by atoms with Gasteiger partial charge in [-0.3, -0.25) is 14.3 Å². The molecule has 64 heavy (non-hydrogen) atoms. The van der Waals surface area contributed by atoms with E-state index in [0.29, 0.717) is 95.5 Å². The Labute approximate surface area is 385 Å². The summed E-state index contributed by atoms with van der Waals surface area (Å²) in [5, 5.41) is 18.2. The Balaban J connectivity index is 0.000000213. The van der Waals surface area contributed by atoms with E-state index in [1.807, 2.05) is 0 Å². The Morgan fingerprint density at radius 1 is 0.703 bits per heavy atom. The van der Waals surface area contributed by atoms with Crippen molar-refractivity contribution in [1.82, 2.24) is 19.6 Å². The molecule has 4 aromatic carbocycles. The fraction of sp³-hybridized carbons (Fsp3) is 0.190. The van der Waals surface area contributed by atoms with Crippen molar-refractivity contribution < 1.29 is 38.4 Å². The fourth-order valence-electron chi connectivity index (χ4n) is 6.41. The van der Waals surface area contributed by atoms with Crippen LogP contribution in [0.1, 0.15) is 31.8 Å². The van der Waals surface area contributed by atoms with Crippen LogP contribution in [0.2, 0.25) is 20.1 Å². The second-order valence-corrected chi connectivity index (χ2v) is 14.9. The number of aromatic nitrogens is 4. The van der Waals surface area contributed by atoms with E-state index in [-0.39, 0.29) is 47.3 Å². The summed E-state index contributed by atoms with van der Waals surface area (Å²) in [6.07, 6.45) is 4.23. The zero-order valence-electron chi connectivity index (χ0n) is 34.5. The number of benzene rings is 4. The first-order chi connectivity index (χ1) is 30.6. The van der Waals surface area contributed by atoms with Crippen LogP contribution < -0.4 is 46.6 Å². The molecule has 0 saturated heterocycles. The zero-order valence-corrected chi connectivity index (χ0v) is 37.5. The Bertz CT molecular complexity index is 2770. The number of nitrogens with zero attached hydrogens (tertiary/aromatic N) is 6. The Kier molecular flexibility index (Phi) is 14.8. The van der Waals surface area contributed by atoms with Crippen LogP contribution >= 0.6 is 46.4 Å². The fourth-order valence-corrected chi connectivity index (χ4v) is 7.84. The highest BCUT2D eigenvalue weighted by atomic mass is 35.5. The summed E-state index contributed by atoms with van der Waals surface area (Å²) in [5.41, 5.74) is 28.5. The number of fused-ring (bicyclic) bond motifs is 1. The lowest BCUT2D eigenvalue weighted by Gasteiger charge is -2.16. The summed E-state index contributed by atoms with van der Waals surface area (Å²) in [7, 11) is 5.95. The number of ether oxygens (including phenoxy) is 5. The third-order valence-corrected chi connectivity index (χ3v) is 11.1. The van der Waals surface area contributed by atoms with Crippen LogP contribution in [0.4, 0.5) is 11.4 Å². The molecule has 0 spiro atoms. The molecule has 7 rings (SSSR count). The van der Waals surface area contributed by atoms with Crippen LogP contribution in [0.25, 0.3) is 22.3 Å². The van der Waals surface area contributed by atoms with E-state index in [2.05, 4.69) is 20.2 Å². The molecule has 0 atom stereocenters. The van der Waals surface area contributed by atoms with E-state index < -0.39 is 11.8 Å². The number of amides is 2. The van der Waals surface area contributed by atoms with Crippen LogP contribution in [0, 0.1) is 0 Å². The molecule has 0 saturated carbocycles. The molecule has 22 heteroatoms. The lowest BCUT2D eigenvalue weighted by atomic mass is 10.0. The molecule has 1 aliphatic rings. The number of carbonyl (C=O) groups is 2. The molecule has 0 fully saturated rings. The van der Waals surface area contributed by atoms with Gasteiger partial charge in [0, 0.05) is 52.0 Å². The van der Waals surface area contributed by atoms with Gasteiger partial charge < -0.3 is 51.7 Å². The highest BCUT2D eigenvalue weighted by molar-refractivity contribution is 6.42. The maximum absolute atomic E-state index is 12.6. The summed E-state index contributed by atoms with van der Waals surface area (Å²) in [6.45, 7) is 1.20. The van der Waals surface area contributed by atoms with E-state index >= 15 is 0 Å². The van der Waals surface area contributed by atoms with Crippen LogP contribution in [0.3, 0.4) is 0 Å². The third kappa shape index (κ3) is 9.60. The summed E-state index contributed by atoms with van der Waals surface area (Å²) < 4.78 is 29.7. The number of anilines is 2. The van der Waals surface area contributed by atoms with Crippen LogP contribution in [-0.4, -0.2) is 89.8 Å². The van der Waals surface area contributed by atoms with Gasteiger partial charge in [-0.2, -0.15) is 20.2 Å². The minimum Gasteiger partial charge on any atom is -0.495 e. The minimum atomic E-state index is -0.584. The van der Waals surface area contributed by atoms with Crippen LogP contribution in [0.15, 0.2) is 77.1 Å². The van der Waals surface area contributed by atoms with Gasteiger partial charge in [-0.25, -0.2) is 4.68 Å². The molecule has 0 aliphatic carbocycles. The van der Waals surface area contributed by atoms with E-state index in [4.69, 9.17) is 98.1 Å². The first kappa shape index (κ1) is 46.8. The zero-order chi connectivity index (χ0) is 46.4. The predicted octanol–water partition coefficient (Wildman–Crippen LogP) is 6.39. The smallest absolute Gasteiger partial charge is 0.286 e. The molecule has 334 valence electrons. The first-order valence-corrected chi connectivity index (χ1v) is 20.3. The summed E-state index contributed by atoms with van der Waals surface area (Å²) >= 11 is 25.9. The second-order valence-electron chi connectivity index (χ2n) is 13.4. The van der Waals surface area contributed by atoms with Crippen LogP contribution in [-0.2, 0) is 13.1 Å². The van der Waals surface area contributed by atoms with Gasteiger partial charge in [0.25, 0.3) is 11.8 Å². The average Bonchev–Trinajstić information content (AvgIpc) is 4.04. The van der Waals surface area contributed by atoms with Gasteiger partial charge >= 0.3 is 0 Å². The summed E-state index contributed by atoms with van der Waals surface area (Å²) in [5.74, 6) is 0.689. The largest absolute Gasteiger partial charge is 0.495 e. The summed E-state index contributed by atoms with van der Waals surface area (Å²) in [4.78, 5) is 32.8. The number of methoxy groups -OCH3 is 4. The molecule has 0 unspecified atom stereocenters. The highest BCUT2D eigenvalue weighted by Crippen LogP contribution is 2.48. The normalized spacial score (nSPS) is 12.2. The van der Waals surface area contributed by atoms with Crippen LogP contribution in [0.5, 0.6) is 28.9 Å². The van der Waals surface area contributed by atoms with E-state index in [9.17, 15) is 9.59 Å². The molecule has 6 aromatic rings. The lowest BCUT2D eigenvalue weighted by molar-refractivity contribution is 0.0992. The maximum atomic E-state index is 12.6. The number of aliphatic hydroxyl groups excluding tert-OH is 1. The minimum absolute atomic E-state index is 0.0441. The molecule has 0 radical (unpaired) electrons. The average molecular weight is 955 g/mol. The van der Waals surface area contributed by atoms with Crippen molar-refractivity contribution in [3.63, 3.8) is 0 Å². The lowest BCUT2D eigenvalue weighted by Crippen LogP contribution is -2.17. The SMILES string of the molecule is COc1cc(OC)c(Cl)c(-c2ccc(C(N)=NC(=O)c3cnn(CCO)c3)c(N)c2)c1Cl.COc1cc(OC)c(Cl)c(-c2ccc(C(N)=NC(=O)c3cnn4c3OCC4)c(N)c2)c1Cl. The van der Waals surface area contributed by atoms with E-state index in [1.165, 1.54) is 51.7 Å². The van der Waals surface area contributed by atoms with Crippen molar-refractivity contribution in [3.8, 4) is 51.1 Å². The highest BCUT2D eigenvalue weighted by Gasteiger charge is 2.25. The van der Waals surface area contributed by atoms with E-state index in [1.54, 1.807) is 53.2 Å². The van der Waals surface area contributed by atoms with Crippen molar-refractivity contribution in [1.29, 1.82) is 0 Å². The Morgan fingerprint density at radius 2 is 1.17 bits per heavy atom. The number of amidine groups is 2. The molecule has 9 N–H and O–H groups in total. The van der Waals surface area contributed by atoms with E-state index in [0.717, 1.165) is 0 Å².